The van der Waals surface area contributed by atoms with Crippen molar-refractivity contribution in [3.63, 3.8) is 0 Å². The molecule has 0 saturated heterocycles. The van der Waals surface area contributed by atoms with Gasteiger partial charge in [-0.15, -0.1) is 0 Å². The van der Waals surface area contributed by atoms with E-state index in [1.807, 2.05) is 6.92 Å². The molecule has 1 aromatic rings. The molecule has 0 saturated carbocycles. The van der Waals surface area contributed by atoms with Crippen LogP contribution in [0.25, 0.3) is 0 Å². The molecule has 0 fully saturated rings. The van der Waals surface area contributed by atoms with Gasteiger partial charge in [-0.2, -0.15) is 0 Å². The summed E-state index contributed by atoms with van der Waals surface area (Å²) < 4.78 is 19.9. The summed E-state index contributed by atoms with van der Waals surface area (Å²) in [4.78, 5) is 0. The van der Waals surface area contributed by atoms with Crippen LogP contribution >= 0.6 is 27.5 Å². The number of halogens is 3. The lowest BCUT2D eigenvalue weighted by Crippen LogP contribution is -2.23. The fraction of sp³-hybridized carbons (Fsp3) is 0.500. The molecular weight excluding hydrogens is 308 g/mol. The van der Waals surface area contributed by atoms with Gasteiger partial charge in [0.05, 0.1) is 17.7 Å². The average Bonchev–Trinajstić information content (AvgIpc) is 2.33. The van der Waals surface area contributed by atoms with E-state index in [2.05, 4.69) is 21.2 Å². The molecule has 0 heterocycles. The number of rotatable bonds is 6. The van der Waals surface area contributed by atoms with Crippen molar-refractivity contribution < 1.29 is 9.13 Å². The second kappa shape index (κ2) is 7.31. The minimum absolute atomic E-state index is 0.109. The summed E-state index contributed by atoms with van der Waals surface area (Å²) in [6, 6.07) is 3.26. The first-order chi connectivity index (χ1) is 8.11. The van der Waals surface area contributed by atoms with Crippen molar-refractivity contribution in [1.29, 1.82) is 0 Å². The molecule has 0 aliphatic rings. The van der Waals surface area contributed by atoms with Gasteiger partial charge < -0.3 is 10.1 Å². The van der Waals surface area contributed by atoms with E-state index in [0.29, 0.717) is 23.2 Å². The maximum Gasteiger partial charge on any atom is 0.147 e. The highest BCUT2D eigenvalue weighted by molar-refractivity contribution is 9.10. The average molecular weight is 325 g/mol. The van der Waals surface area contributed by atoms with Crippen molar-refractivity contribution in [2.24, 2.45) is 0 Å². The van der Waals surface area contributed by atoms with Crippen LogP contribution in [-0.4, -0.2) is 20.3 Å². The molecule has 0 spiro atoms. The van der Waals surface area contributed by atoms with Crippen LogP contribution in [0.4, 0.5) is 4.39 Å². The van der Waals surface area contributed by atoms with E-state index in [-0.39, 0.29) is 11.1 Å². The predicted molar refractivity (Wildman–Crippen MR) is 72.0 cm³/mol. The Balaban J connectivity index is 2.85. The standard InChI is InChI=1S/C12H16BrClFNO/c1-3-6-17-7-10(16-2)8-4-5-9(13)11(14)12(8)15/h4-5,10,16H,3,6-7H2,1-2H3. The Morgan fingerprint density at radius 2 is 2.24 bits per heavy atom. The summed E-state index contributed by atoms with van der Waals surface area (Å²) in [5.74, 6) is -0.402. The van der Waals surface area contributed by atoms with Gasteiger partial charge in [-0.25, -0.2) is 4.39 Å². The van der Waals surface area contributed by atoms with Crippen LogP contribution < -0.4 is 5.32 Å². The number of likely N-dealkylation sites (N-methyl/N-ethyl adjacent to an activating group) is 1. The summed E-state index contributed by atoms with van der Waals surface area (Å²) in [6.45, 7) is 3.13. The number of benzene rings is 1. The smallest absolute Gasteiger partial charge is 0.147 e. The van der Waals surface area contributed by atoms with Gasteiger partial charge in [0, 0.05) is 16.6 Å². The minimum Gasteiger partial charge on any atom is -0.379 e. The van der Waals surface area contributed by atoms with Crippen molar-refractivity contribution >= 4 is 27.5 Å². The van der Waals surface area contributed by atoms with E-state index in [0.717, 1.165) is 6.42 Å². The zero-order valence-electron chi connectivity index (χ0n) is 9.90. The van der Waals surface area contributed by atoms with Crippen LogP contribution in [0.3, 0.4) is 0 Å². The monoisotopic (exact) mass is 323 g/mol. The number of nitrogens with one attached hydrogen (secondary N) is 1. The second-order valence-electron chi connectivity index (χ2n) is 3.68. The molecule has 0 radical (unpaired) electrons. The normalized spacial score (nSPS) is 12.8. The first kappa shape index (κ1) is 14.9. The molecule has 0 bridgehead atoms. The fourth-order valence-corrected chi connectivity index (χ4v) is 1.96. The molecule has 0 aromatic heterocycles. The van der Waals surface area contributed by atoms with Crippen molar-refractivity contribution in [1.82, 2.24) is 5.32 Å². The van der Waals surface area contributed by atoms with Gasteiger partial charge in [0.25, 0.3) is 0 Å². The lowest BCUT2D eigenvalue weighted by Gasteiger charge is -2.18. The highest BCUT2D eigenvalue weighted by atomic mass is 79.9. The minimum atomic E-state index is -0.402. The molecule has 2 nitrogen and oxygen atoms in total. The highest BCUT2D eigenvalue weighted by Gasteiger charge is 2.17. The summed E-state index contributed by atoms with van der Waals surface area (Å²) in [5, 5.41) is 3.14. The molecule has 1 rings (SSSR count). The quantitative estimate of drug-likeness (QED) is 0.632. The molecule has 5 heteroatoms. The Hall–Kier alpha value is -0.160. The van der Waals surface area contributed by atoms with Gasteiger partial charge in [-0.1, -0.05) is 24.6 Å². The Morgan fingerprint density at radius 1 is 1.53 bits per heavy atom. The van der Waals surface area contributed by atoms with E-state index >= 15 is 0 Å². The Morgan fingerprint density at radius 3 is 2.82 bits per heavy atom. The topological polar surface area (TPSA) is 21.3 Å². The third kappa shape index (κ3) is 3.91. The molecule has 0 aliphatic heterocycles. The number of hydrogen-bond donors (Lipinski definition) is 1. The number of hydrogen-bond acceptors (Lipinski definition) is 2. The van der Waals surface area contributed by atoms with Crippen LogP contribution in [0, 0.1) is 5.82 Å². The maximum absolute atomic E-state index is 14.0. The number of ether oxygens (including phenoxy) is 1. The SMILES string of the molecule is CCCOCC(NC)c1ccc(Br)c(Cl)c1F. The van der Waals surface area contributed by atoms with Crippen LogP contribution in [0.1, 0.15) is 24.9 Å². The highest BCUT2D eigenvalue weighted by Crippen LogP contribution is 2.30. The Bertz CT molecular complexity index is 376. The van der Waals surface area contributed by atoms with E-state index < -0.39 is 5.82 Å². The second-order valence-corrected chi connectivity index (χ2v) is 4.91. The molecule has 96 valence electrons. The summed E-state index contributed by atoms with van der Waals surface area (Å²) in [7, 11) is 1.77. The summed E-state index contributed by atoms with van der Waals surface area (Å²) in [5.41, 5.74) is 0.525. The van der Waals surface area contributed by atoms with Crippen LogP contribution in [0.15, 0.2) is 16.6 Å². The van der Waals surface area contributed by atoms with Gasteiger partial charge in [-0.05, 0) is 35.5 Å². The summed E-state index contributed by atoms with van der Waals surface area (Å²) >= 11 is 9.05. The van der Waals surface area contributed by atoms with Gasteiger partial charge >= 0.3 is 0 Å². The third-order valence-electron chi connectivity index (χ3n) is 2.42. The van der Waals surface area contributed by atoms with Gasteiger partial charge in [-0.3, -0.25) is 0 Å². The van der Waals surface area contributed by atoms with Crippen molar-refractivity contribution in [2.75, 3.05) is 20.3 Å². The van der Waals surface area contributed by atoms with Crippen molar-refractivity contribution in [3.05, 3.63) is 33.0 Å². The van der Waals surface area contributed by atoms with E-state index in [1.165, 1.54) is 0 Å². The summed E-state index contributed by atoms with van der Waals surface area (Å²) in [6.07, 6.45) is 0.944. The van der Waals surface area contributed by atoms with E-state index in [9.17, 15) is 4.39 Å². The third-order valence-corrected chi connectivity index (χ3v) is 3.68. The Labute approximate surface area is 115 Å². The zero-order valence-corrected chi connectivity index (χ0v) is 12.2. The molecule has 1 unspecified atom stereocenters. The van der Waals surface area contributed by atoms with Crippen LogP contribution in [-0.2, 0) is 4.74 Å². The largest absolute Gasteiger partial charge is 0.379 e. The predicted octanol–water partition coefficient (Wildman–Crippen LogP) is 3.93. The van der Waals surface area contributed by atoms with Crippen molar-refractivity contribution in [3.8, 4) is 0 Å². The van der Waals surface area contributed by atoms with Crippen LogP contribution in [0.2, 0.25) is 5.02 Å². The molecular formula is C12H16BrClFNO. The zero-order chi connectivity index (χ0) is 12.8. The van der Waals surface area contributed by atoms with Gasteiger partial charge in [0.1, 0.15) is 5.82 Å². The molecule has 0 amide bonds. The molecule has 1 aromatic carbocycles. The van der Waals surface area contributed by atoms with E-state index in [4.69, 9.17) is 16.3 Å². The van der Waals surface area contributed by atoms with E-state index in [1.54, 1.807) is 19.2 Å². The first-order valence-electron chi connectivity index (χ1n) is 5.50. The van der Waals surface area contributed by atoms with Gasteiger partial charge in [0.15, 0.2) is 0 Å². The van der Waals surface area contributed by atoms with Crippen LogP contribution in [0.5, 0.6) is 0 Å². The molecule has 1 N–H and O–H groups in total. The van der Waals surface area contributed by atoms with Gasteiger partial charge in [0.2, 0.25) is 0 Å². The lowest BCUT2D eigenvalue weighted by atomic mass is 10.1. The first-order valence-corrected chi connectivity index (χ1v) is 6.67. The lowest BCUT2D eigenvalue weighted by molar-refractivity contribution is 0.113. The molecule has 17 heavy (non-hydrogen) atoms. The maximum atomic E-state index is 14.0. The van der Waals surface area contributed by atoms with Crippen molar-refractivity contribution in [2.45, 2.75) is 19.4 Å². The Kier molecular flexibility index (Phi) is 6.41. The fourth-order valence-electron chi connectivity index (χ4n) is 1.48. The molecule has 1 atom stereocenters. The molecule has 0 aliphatic carbocycles.